The van der Waals surface area contributed by atoms with Crippen LogP contribution in [0.3, 0.4) is 0 Å². The molecule has 0 unspecified atom stereocenters. The molecule has 1 rings (SSSR count). The molecule has 0 atom stereocenters. The van der Waals surface area contributed by atoms with Gasteiger partial charge in [0.2, 0.25) is 0 Å². The number of aryl methyl sites for hydroxylation is 1. The minimum absolute atomic E-state index is 1.17. The molecule has 0 saturated carbocycles. The van der Waals surface area contributed by atoms with Crippen molar-refractivity contribution in [2.24, 2.45) is 0 Å². The monoisotopic (exact) mass is 291 g/mol. The predicted molar refractivity (Wildman–Crippen MR) is 60.0 cm³/mol. The fraction of sp³-hybridized carbons (Fsp3) is 0.615. The van der Waals surface area contributed by atoms with Gasteiger partial charge >= 0.3 is 0 Å². The third-order valence-electron chi connectivity index (χ3n) is 2.55. The van der Waals surface area contributed by atoms with Gasteiger partial charge in [-0.2, -0.15) is 0 Å². The summed E-state index contributed by atoms with van der Waals surface area (Å²) in [5, 5.41) is 0. The molecule has 0 amide bonds. The Morgan fingerprint density at radius 3 is 1.79 bits per heavy atom. The Morgan fingerprint density at radius 1 is 0.789 bits per heavy atom. The van der Waals surface area contributed by atoms with Crippen LogP contribution in [0.4, 0.5) is 0 Å². The van der Waals surface area contributed by atoms with Gasteiger partial charge in [-0.15, -0.1) is 10.2 Å². The summed E-state index contributed by atoms with van der Waals surface area (Å²) in [4.78, 5) is 0. The average molecular weight is 292 g/mol. The predicted octanol–water partition coefficient (Wildman–Crippen LogP) is -1.42. The van der Waals surface area contributed by atoms with Crippen LogP contribution in [-0.2, 0) is 6.54 Å². The third kappa shape index (κ3) is 17.3. The first-order chi connectivity index (χ1) is 8.93. The van der Waals surface area contributed by atoms with Crippen molar-refractivity contribution in [1.29, 1.82) is 0 Å². The molecule has 110 valence electrons. The summed E-state index contributed by atoms with van der Waals surface area (Å²) in [6, 6.07) is 6.26. The smallest absolute Gasteiger partial charge is 0.168 e. The summed E-state index contributed by atoms with van der Waals surface area (Å²) in [5.74, 6) is 0. The maximum Gasteiger partial charge on any atom is 0.168 e. The number of unbranched alkanes of at least 4 members (excludes halogenated alkanes) is 5. The molecule has 0 aliphatic rings. The Hall–Kier alpha value is -0.720. The molecule has 1 aromatic rings. The first-order valence-corrected chi connectivity index (χ1v) is 7.72. The Morgan fingerprint density at radius 2 is 1.26 bits per heavy atom. The van der Waals surface area contributed by atoms with E-state index in [1.54, 1.807) is 0 Å². The summed E-state index contributed by atoms with van der Waals surface area (Å²) in [6.45, 7) is 3.44. The molecule has 0 fully saturated rings. The molecule has 0 spiro atoms. The lowest BCUT2D eigenvalue weighted by Crippen LogP contribution is -2.68. The molecule has 6 heteroatoms. The van der Waals surface area contributed by atoms with Gasteiger partial charge in [0, 0.05) is 18.6 Å². The Labute approximate surface area is 116 Å². The van der Waals surface area contributed by atoms with E-state index in [4.69, 9.17) is 18.6 Å². The second kappa shape index (κ2) is 11.1. The first kappa shape index (κ1) is 18.3. The maximum atomic E-state index is 8.49. The Bertz CT molecular complexity index is 297. The highest BCUT2D eigenvalue weighted by Gasteiger charge is 1.96. The Balaban J connectivity index is 0.000000555. The molecule has 0 N–H and O–H groups in total. The van der Waals surface area contributed by atoms with E-state index in [0.29, 0.717) is 0 Å². The van der Waals surface area contributed by atoms with Crippen LogP contribution in [0.5, 0.6) is 0 Å². The lowest BCUT2D eigenvalue weighted by Gasteiger charge is -2.17. The van der Waals surface area contributed by atoms with Crippen LogP contribution in [0.2, 0.25) is 0 Å². The van der Waals surface area contributed by atoms with Crippen LogP contribution in [0.1, 0.15) is 45.4 Å². The molecule has 19 heavy (non-hydrogen) atoms. The molecule has 5 nitrogen and oxygen atoms in total. The molecule has 0 bridgehead atoms. The van der Waals surface area contributed by atoms with Gasteiger partial charge in [0.15, 0.2) is 12.4 Å². The van der Waals surface area contributed by atoms with Crippen molar-refractivity contribution in [1.82, 2.24) is 0 Å². The highest BCUT2D eigenvalue weighted by atomic mass is 35.7. The maximum absolute atomic E-state index is 8.49. The van der Waals surface area contributed by atoms with Gasteiger partial charge in [-0.1, -0.05) is 38.7 Å². The Kier molecular flexibility index (Phi) is 10.7. The van der Waals surface area contributed by atoms with Crippen molar-refractivity contribution >= 4 is 0 Å². The molecular weight excluding hydrogens is 270 g/mol. The molecule has 0 aliphatic heterocycles. The van der Waals surface area contributed by atoms with E-state index in [0.717, 1.165) is 0 Å². The van der Waals surface area contributed by atoms with E-state index in [9.17, 15) is 0 Å². The van der Waals surface area contributed by atoms with Gasteiger partial charge in [0.05, 0.1) is 0 Å². The lowest BCUT2D eigenvalue weighted by molar-refractivity contribution is -2.00. The highest BCUT2D eigenvalue weighted by molar-refractivity contribution is 4.83. The molecule has 0 radical (unpaired) electrons. The van der Waals surface area contributed by atoms with Crippen molar-refractivity contribution in [3.05, 3.63) is 30.6 Å². The number of halogens is 1. The molecular formula is C13H22ClNO4. The number of hydrogen-bond acceptors (Lipinski definition) is 4. The van der Waals surface area contributed by atoms with Crippen LogP contribution >= 0.6 is 0 Å². The van der Waals surface area contributed by atoms with Crippen molar-refractivity contribution in [2.75, 3.05) is 0 Å². The SMILES string of the molecule is CCCCCCCC[n+]1ccccc1.[O-][Cl+3]([O-])([O-])[O-]. The quantitative estimate of drug-likeness (QED) is 0.455. The first-order valence-electron chi connectivity index (χ1n) is 6.49. The highest BCUT2D eigenvalue weighted by Crippen LogP contribution is 2.04. The van der Waals surface area contributed by atoms with Gasteiger partial charge in [-0.25, -0.2) is 23.2 Å². The summed E-state index contributed by atoms with van der Waals surface area (Å²) in [6.07, 6.45) is 12.5. The minimum Gasteiger partial charge on any atom is -0.222 e. The van der Waals surface area contributed by atoms with E-state index < -0.39 is 10.2 Å². The average Bonchev–Trinajstić information content (AvgIpc) is 2.33. The third-order valence-corrected chi connectivity index (χ3v) is 2.55. The topological polar surface area (TPSA) is 96.1 Å². The zero-order chi connectivity index (χ0) is 14.6. The molecule has 1 aromatic heterocycles. The van der Waals surface area contributed by atoms with Crippen molar-refractivity contribution in [2.45, 2.75) is 52.0 Å². The van der Waals surface area contributed by atoms with Crippen LogP contribution < -0.4 is 23.2 Å². The summed E-state index contributed by atoms with van der Waals surface area (Å²) in [5.41, 5.74) is 0. The zero-order valence-corrected chi connectivity index (χ0v) is 12.1. The molecule has 1 heterocycles. The van der Waals surface area contributed by atoms with Gasteiger partial charge in [-0.05, 0) is 6.42 Å². The van der Waals surface area contributed by atoms with Gasteiger partial charge in [0.1, 0.15) is 6.54 Å². The summed E-state index contributed by atoms with van der Waals surface area (Å²) in [7, 11) is -4.94. The van der Waals surface area contributed by atoms with Crippen LogP contribution in [0.15, 0.2) is 30.6 Å². The second-order valence-electron chi connectivity index (χ2n) is 4.26. The number of rotatable bonds is 7. The van der Waals surface area contributed by atoms with Crippen molar-refractivity contribution < 1.29 is 33.4 Å². The number of nitrogens with zero attached hydrogens (tertiary/aromatic N) is 1. The van der Waals surface area contributed by atoms with Gasteiger partial charge in [-0.3, -0.25) is 0 Å². The summed E-state index contributed by atoms with van der Waals surface area (Å²) >= 11 is 0. The normalized spacial score (nSPS) is 10.8. The lowest BCUT2D eigenvalue weighted by atomic mass is 10.1. The van der Waals surface area contributed by atoms with E-state index in [-0.39, 0.29) is 0 Å². The standard InChI is InChI=1S/C13H22N.ClHO4/c1-2-3-4-5-6-8-11-14-12-9-7-10-13-14;2-1(3,4)5/h7,9-10,12-13H,2-6,8,11H2,1H3;(H,2,3,4,5)/q+1;/p-1. The van der Waals surface area contributed by atoms with Crippen LogP contribution in [-0.4, -0.2) is 0 Å². The van der Waals surface area contributed by atoms with E-state index >= 15 is 0 Å². The molecule has 0 aromatic carbocycles. The summed E-state index contributed by atoms with van der Waals surface area (Å²) < 4.78 is 36.2. The van der Waals surface area contributed by atoms with Gasteiger partial charge < -0.3 is 0 Å². The zero-order valence-electron chi connectivity index (χ0n) is 11.3. The second-order valence-corrected chi connectivity index (χ2v) is 5.01. The van der Waals surface area contributed by atoms with Crippen molar-refractivity contribution in [3.63, 3.8) is 0 Å². The fourth-order valence-corrected chi connectivity index (χ4v) is 1.66. The van der Waals surface area contributed by atoms with E-state index in [2.05, 4.69) is 42.1 Å². The van der Waals surface area contributed by atoms with Gasteiger partial charge in [0.25, 0.3) is 0 Å². The minimum atomic E-state index is -4.94. The van der Waals surface area contributed by atoms with Crippen LogP contribution in [0.25, 0.3) is 0 Å². The number of aromatic nitrogens is 1. The van der Waals surface area contributed by atoms with Crippen molar-refractivity contribution in [3.8, 4) is 0 Å². The molecule has 0 saturated heterocycles. The fourth-order valence-electron chi connectivity index (χ4n) is 1.66. The largest absolute Gasteiger partial charge is 0.222 e. The molecule has 0 aliphatic carbocycles. The van der Waals surface area contributed by atoms with E-state index in [1.807, 2.05) is 0 Å². The number of hydrogen-bond donors (Lipinski definition) is 0. The number of pyridine rings is 1. The van der Waals surface area contributed by atoms with Crippen LogP contribution in [0, 0.1) is 10.2 Å². The van der Waals surface area contributed by atoms with E-state index in [1.165, 1.54) is 45.1 Å².